The lowest BCUT2D eigenvalue weighted by atomic mass is 10.1. The van der Waals surface area contributed by atoms with E-state index in [0.29, 0.717) is 6.42 Å². The largest absolute Gasteiger partial charge is 0.394 e. The number of nitrogens with zero attached hydrogens (tertiary/aromatic N) is 1. The van der Waals surface area contributed by atoms with Crippen LogP contribution in [0.25, 0.3) is 0 Å². The van der Waals surface area contributed by atoms with Crippen LogP contribution in [0.1, 0.15) is 15.9 Å². The fourth-order valence-corrected chi connectivity index (χ4v) is 2.09. The quantitative estimate of drug-likeness (QED) is 0.629. The SMILES string of the molecule is O=C(NC(CO)Cc1ccccc1)c1cccc([N+](=O)[O-])c1. The van der Waals surface area contributed by atoms with Crippen LogP contribution in [-0.4, -0.2) is 28.6 Å². The minimum Gasteiger partial charge on any atom is -0.394 e. The van der Waals surface area contributed by atoms with Crippen molar-refractivity contribution >= 4 is 11.6 Å². The van der Waals surface area contributed by atoms with Gasteiger partial charge in [-0.15, -0.1) is 0 Å². The van der Waals surface area contributed by atoms with Crippen LogP contribution in [0.3, 0.4) is 0 Å². The molecule has 0 aromatic heterocycles. The Balaban J connectivity index is 2.06. The monoisotopic (exact) mass is 300 g/mol. The molecule has 0 aliphatic heterocycles. The summed E-state index contributed by atoms with van der Waals surface area (Å²) in [5.74, 6) is -0.446. The van der Waals surface area contributed by atoms with Gasteiger partial charge in [-0.05, 0) is 18.1 Å². The van der Waals surface area contributed by atoms with Crippen molar-refractivity contribution in [3.05, 3.63) is 75.8 Å². The summed E-state index contributed by atoms with van der Waals surface area (Å²) in [6, 6.07) is 14.5. The molecule has 2 N–H and O–H groups in total. The van der Waals surface area contributed by atoms with Crippen LogP contribution in [0.15, 0.2) is 54.6 Å². The van der Waals surface area contributed by atoms with Gasteiger partial charge in [0.25, 0.3) is 11.6 Å². The molecule has 1 unspecified atom stereocenters. The number of carbonyl (C=O) groups excluding carboxylic acids is 1. The molecule has 2 aromatic carbocycles. The van der Waals surface area contributed by atoms with Gasteiger partial charge in [0.1, 0.15) is 0 Å². The van der Waals surface area contributed by atoms with E-state index in [1.807, 2.05) is 30.3 Å². The van der Waals surface area contributed by atoms with Gasteiger partial charge in [0, 0.05) is 17.7 Å². The molecule has 0 heterocycles. The van der Waals surface area contributed by atoms with Gasteiger partial charge in [-0.1, -0.05) is 36.4 Å². The second kappa shape index (κ2) is 7.33. The lowest BCUT2D eigenvalue weighted by Crippen LogP contribution is -2.39. The molecule has 0 saturated heterocycles. The lowest BCUT2D eigenvalue weighted by Gasteiger charge is -2.16. The predicted molar refractivity (Wildman–Crippen MR) is 81.6 cm³/mol. The number of nitro benzene ring substituents is 1. The first-order valence-corrected chi connectivity index (χ1v) is 6.80. The average molecular weight is 300 g/mol. The Morgan fingerprint density at radius 2 is 1.91 bits per heavy atom. The number of hydrogen-bond donors (Lipinski definition) is 2. The third-order valence-electron chi connectivity index (χ3n) is 3.20. The third kappa shape index (κ3) is 4.13. The molecular weight excluding hydrogens is 284 g/mol. The van der Waals surface area contributed by atoms with Gasteiger partial charge in [0.05, 0.1) is 17.6 Å². The molecule has 0 aliphatic carbocycles. The Kier molecular flexibility index (Phi) is 5.21. The van der Waals surface area contributed by atoms with Crippen molar-refractivity contribution in [3.8, 4) is 0 Å². The summed E-state index contributed by atoms with van der Waals surface area (Å²) in [5.41, 5.74) is 1.04. The van der Waals surface area contributed by atoms with Crippen molar-refractivity contribution in [1.82, 2.24) is 5.32 Å². The Labute approximate surface area is 127 Å². The number of nitro groups is 1. The summed E-state index contributed by atoms with van der Waals surface area (Å²) in [6.07, 6.45) is 0.484. The van der Waals surface area contributed by atoms with Crippen molar-refractivity contribution < 1.29 is 14.8 Å². The van der Waals surface area contributed by atoms with Crippen LogP contribution in [0, 0.1) is 10.1 Å². The van der Waals surface area contributed by atoms with Crippen LogP contribution in [0.2, 0.25) is 0 Å². The molecule has 0 radical (unpaired) electrons. The van der Waals surface area contributed by atoms with Gasteiger partial charge >= 0.3 is 0 Å². The number of rotatable bonds is 6. The van der Waals surface area contributed by atoms with E-state index in [2.05, 4.69) is 5.32 Å². The minimum atomic E-state index is -0.551. The number of nitrogens with one attached hydrogen (secondary N) is 1. The van der Waals surface area contributed by atoms with E-state index in [9.17, 15) is 20.0 Å². The maximum Gasteiger partial charge on any atom is 0.270 e. The van der Waals surface area contributed by atoms with Crippen molar-refractivity contribution in [2.24, 2.45) is 0 Å². The van der Waals surface area contributed by atoms with Crippen LogP contribution < -0.4 is 5.32 Å². The minimum absolute atomic E-state index is 0.142. The van der Waals surface area contributed by atoms with E-state index in [1.165, 1.54) is 24.3 Å². The number of carbonyl (C=O) groups is 1. The molecular formula is C16H16N2O4. The zero-order valence-electron chi connectivity index (χ0n) is 11.8. The van der Waals surface area contributed by atoms with E-state index in [0.717, 1.165) is 5.56 Å². The molecule has 2 aromatic rings. The Hall–Kier alpha value is -2.73. The van der Waals surface area contributed by atoms with Crippen LogP contribution >= 0.6 is 0 Å². The number of aliphatic hydroxyl groups is 1. The summed E-state index contributed by atoms with van der Waals surface area (Å²) in [6.45, 7) is -0.213. The highest BCUT2D eigenvalue weighted by molar-refractivity contribution is 5.95. The second-order valence-corrected chi connectivity index (χ2v) is 4.85. The highest BCUT2D eigenvalue weighted by Gasteiger charge is 2.16. The highest BCUT2D eigenvalue weighted by Crippen LogP contribution is 2.13. The molecule has 0 saturated carbocycles. The van der Waals surface area contributed by atoms with Gasteiger partial charge in [0.2, 0.25) is 0 Å². The lowest BCUT2D eigenvalue weighted by molar-refractivity contribution is -0.384. The smallest absolute Gasteiger partial charge is 0.270 e. The molecule has 0 aliphatic rings. The molecule has 6 nitrogen and oxygen atoms in total. The molecule has 1 amide bonds. The molecule has 0 fully saturated rings. The first-order chi connectivity index (χ1) is 10.6. The van der Waals surface area contributed by atoms with Crippen molar-refractivity contribution in [3.63, 3.8) is 0 Å². The standard InChI is InChI=1S/C16H16N2O4/c19-11-14(9-12-5-2-1-3-6-12)17-16(20)13-7-4-8-15(10-13)18(21)22/h1-8,10,14,19H,9,11H2,(H,17,20). The molecule has 114 valence electrons. The van der Waals surface area contributed by atoms with Crippen LogP contribution in [-0.2, 0) is 6.42 Å². The zero-order chi connectivity index (χ0) is 15.9. The molecule has 6 heteroatoms. The number of non-ortho nitro benzene ring substituents is 1. The molecule has 2 rings (SSSR count). The van der Waals surface area contributed by atoms with Crippen molar-refractivity contribution in [2.45, 2.75) is 12.5 Å². The molecule has 22 heavy (non-hydrogen) atoms. The number of aliphatic hydroxyl groups excluding tert-OH is 1. The van der Waals surface area contributed by atoms with E-state index >= 15 is 0 Å². The second-order valence-electron chi connectivity index (χ2n) is 4.85. The van der Waals surface area contributed by atoms with Gasteiger partial charge in [-0.25, -0.2) is 0 Å². The van der Waals surface area contributed by atoms with Gasteiger partial charge in [0.15, 0.2) is 0 Å². The van der Waals surface area contributed by atoms with Crippen LogP contribution in [0.5, 0.6) is 0 Å². The van der Waals surface area contributed by atoms with E-state index < -0.39 is 16.9 Å². The van der Waals surface area contributed by atoms with Crippen molar-refractivity contribution in [2.75, 3.05) is 6.61 Å². The maximum absolute atomic E-state index is 12.1. The van der Waals surface area contributed by atoms with E-state index in [1.54, 1.807) is 0 Å². The van der Waals surface area contributed by atoms with Gasteiger partial charge in [-0.3, -0.25) is 14.9 Å². The summed E-state index contributed by atoms with van der Waals surface area (Å²) in [5, 5.41) is 22.8. The number of hydrogen-bond acceptors (Lipinski definition) is 4. The molecule has 0 bridgehead atoms. The Morgan fingerprint density at radius 1 is 1.18 bits per heavy atom. The molecule has 0 spiro atoms. The predicted octanol–water partition coefficient (Wildman–Crippen LogP) is 1.93. The topological polar surface area (TPSA) is 92.5 Å². The van der Waals surface area contributed by atoms with Crippen LogP contribution in [0.4, 0.5) is 5.69 Å². The van der Waals surface area contributed by atoms with Crippen molar-refractivity contribution in [1.29, 1.82) is 0 Å². The normalized spacial score (nSPS) is 11.7. The average Bonchev–Trinajstić information content (AvgIpc) is 2.55. The Morgan fingerprint density at radius 3 is 2.55 bits per heavy atom. The first-order valence-electron chi connectivity index (χ1n) is 6.80. The fraction of sp³-hybridized carbons (Fsp3) is 0.188. The maximum atomic E-state index is 12.1. The third-order valence-corrected chi connectivity index (χ3v) is 3.20. The molecule has 1 atom stereocenters. The number of amides is 1. The highest BCUT2D eigenvalue weighted by atomic mass is 16.6. The first kappa shape index (κ1) is 15.7. The summed E-state index contributed by atoms with van der Waals surface area (Å²) < 4.78 is 0. The summed E-state index contributed by atoms with van der Waals surface area (Å²) >= 11 is 0. The number of benzene rings is 2. The fourth-order valence-electron chi connectivity index (χ4n) is 2.09. The zero-order valence-corrected chi connectivity index (χ0v) is 11.8. The Bertz CT molecular complexity index is 658. The van der Waals surface area contributed by atoms with Gasteiger partial charge < -0.3 is 10.4 Å². The van der Waals surface area contributed by atoms with Gasteiger partial charge in [-0.2, -0.15) is 0 Å². The van der Waals surface area contributed by atoms with E-state index in [-0.39, 0.29) is 17.9 Å². The van der Waals surface area contributed by atoms with E-state index in [4.69, 9.17) is 0 Å². The summed E-state index contributed by atoms with van der Waals surface area (Å²) in [4.78, 5) is 22.3. The summed E-state index contributed by atoms with van der Waals surface area (Å²) in [7, 11) is 0.